The Balaban J connectivity index is 1.88. The van der Waals surface area contributed by atoms with Gasteiger partial charge in [0.2, 0.25) is 0 Å². The van der Waals surface area contributed by atoms with Crippen LogP contribution in [0.1, 0.15) is 51.5 Å². The molecule has 0 aliphatic heterocycles. The summed E-state index contributed by atoms with van der Waals surface area (Å²) < 4.78 is 10.4. The Morgan fingerprint density at radius 3 is 2.76 bits per heavy atom. The maximum absolute atomic E-state index is 11.3. The summed E-state index contributed by atoms with van der Waals surface area (Å²) in [7, 11) is 0. The number of hydrogen-bond donors (Lipinski definition) is 0. The van der Waals surface area contributed by atoms with Crippen molar-refractivity contribution in [3.63, 3.8) is 0 Å². The van der Waals surface area contributed by atoms with Gasteiger partial charge in [0, 0.05) is 0 Å². The number of ether oxygens (including phenoxy) is 2. The van der Waals surface area contributed by atoms with Crippen LogP contribution in [0.3, 0.4) is 0 Å². The molecule has 2 unspecified atom stereocenters. The van der Waals surface area contributed by atoms with E-state index >= 15 is 0 Å². The summed E-state index contributed by atoms with van der Waals surface area (Å²) in [6.07, 6.45) is 4.01. The maximum atomic E-state index is 11.3. The van der Waals surface area contributed by atoms with Crippen LogP contribution in [0, 0.1) is 11.8 Å². The normalized spacial score (nSPS) is 17.1. The lowest BCUT2D eigenvalue weighted by Crippen LogP contribution is -2.14. The van der Waals surface area contributed by atoms with Gasteiger partial charge in [0.05, 0.1) is 6.61 Å². The molecule has 0 N–H and O–H groups in total. The average molecular weight is 290 g/mol. The van der Waals surface area contributed by atoms with E-state index in [0.29, 0.717) is 12.5 Å². The second-order valence-corrected chi connectivity index (χ2v) is 6.12. The van der Waals surface area contributed by atoms with Crippen LogP contribution in [-0.4, -0.2) is 19.2 Å². The number of carbonyl (C=O) groups excluding carboxylic acids is 1. The van der Waals surface area contributed by atoms with Gasteiger partial charge in [0.1, 0.15) is 5.75 Å². The largest absolute Gasteiger partial charge is 0.482 e. The highest BCUT2D eigenvalue weighted by Gasteiger charge is 2.28. The second kappa shape index (κ2) is 7.48. The van der Waals surface area contributed by atoms with Gasteiger partial charge < -0.3 is 9.47 Å². The summed E-state index contributed by atoms with van der Waals surface area (Å²) in [6.45, 7) is 6.78. The van der Waals surface area contributed by atoms with Crippen LogP contribution in [0.15, 0.2) is 24.3 Å². The summed E-state index contributed by atoms with van der Waals surface area (Å²) in [4.78, 5) is 11.3. The molecule has 0 spiro atoms. The number of rotatable bonds is 8. The minimum absolute atomic E-state index is 0.0237. The van der Waals surface area contributed by atoms with E-state index in [1.165, 1.54) is 24.8 Å². The third-order valence-electron chi connectivity index (χ3n) is 4.24. The molecule has 3 heteroatoms. The molecular weight excluding hydrogens is 264 g/mol. The first-order chi connectivity index (χ1) is 10.1. The topological polar surface area (TPSA) is 35.5 Å². The van der Waals surface area contributed by atoms with Crippen LogP contribution in [0.25, 0.3) is 0 Å². The Morgan fingerprint density at radius 1 is 1.33 bits per heavy atom. The van der Waals surface area contributed by atoms with Gasteiger partial charge >= 0.3 is 5.97 Å². The van der Waals surface area contributed by atoms with E-state index in [1.54, 1.807) is 6.92 Å². The monoisotopic (exact) mass is 290 g/mol. The minimum atomic E-state index is -0.321. The molecule has 0 amide bonds. The van der Waals surface area contributed by atoms with Crippen molar-refractivity contribution in [3.05, 3.63) is 29.8 Å². The third-order valence-corrected chi connectivity index (χ3v) is 4.24. The van der Waals surface area contributed by atoms with E-state index in [-0.39, 0.29) is 12.6 Å². The quantitative estimate of drug-likeness (QED) is 0.674. The molecule has 1 aromatic rings. The van der Waals surface area contributed by atoms with E-state index in [2.05, 4.69) is 19.9 Å². The third kappa shape index (κ3) is 5.07. The molecule has 1 aliphatic rings. The van der Waals surface area contributed by atoms with Crippen molar-refractivity contribution < 1.29 is 14.3 Å². The van der Waals surface area contributed by atoms with Crippen LogP contribution in [0.4, 0.5) is 0 Å². The number of hydrogen-bond acceptors (Lipinski definition) is 3. The molecule has 116 valence electrons. The van der Waals surface area contributed by atoms with Gasteiger partial charge in [0.15, 0.2) is 6.61 Å². The van der Waals surface area contributed by atoms with Crippen LogP contribution < -0.4 is 4.74 Å². The summed E-state index contributed by atoms with van der Waals surface area (Å²) in [5.74, 6) is 2.68. The Kier molecular flexibility index (Phi) is 5.66. The minimum Gasteiger partial charge on any atom is -0.482 e. The molecule has 0 saturated heterocycles. The molecule has 1 aromatic carbocycles. The number of carbonyl (C=O) groups is 1. The van der Waals surface area contributed by atoms with Gasteiger partial charge in [0.25, 0.3) is 0 Å². The van der Waals surface area contributed by atoms with Gasteiger partial charge in [-0.1, -0.05) is 26.0 Å². The highest BCUT2D eigenvalue weighted by atomic mass is 16.6. The van der Waals surface area contributed by atoms with Crippen molar-refractivity contribution >= 4 is 5.97 Å². The molecule has 21 heavy (non-hydrogen) atoms. The first-order valence-electron chi connectivity index (χ1n) is 7.98. The number of benzene rings is 1. The fraction of sp³-hybridized carbons (Fsp3) is 0.611. The molecular formula is C18H26O3. The molecule has 1 aliphatic carbocycles. The predicted molar refractivity (Wildman–Crippen MR) is 83.5 cm³/mol. The lowest BCUT2D eigenvalue weighted by atomic mass is 9.89. The Labute approximate surface area is 127 Å². The van der Waals surface area contributed by atoms with E-state index in [4.69, 9.17) is 9.47 Å². The Morgan fingerprint density at radius 2 is 2.10 bits per heavy atom. The fourth-order valence-corrected chi connectivity index (χ4v) is 2.81. The standard InChI is InChI=1S/C18H26O3/c1-4-20-18(19)12-21-17-7-5-6-16(11-17)14(3)10-13(2)15-8-9-15/h5-7,11,13-15H,4,8-10,12H2,1-3H3. The van der Waals surface area contributed by atoms with Crippen LogP contribution in [0.5, 0.6) is 5.75 Å². The van der Waals surface area contributed by atoms with E-state index in [9.17, 15) is 4.79 Å². The summed E-state index contributed by atoms with van der Waals surface area (Å²) in [5, 5.41) is 0. The van der Waals surface area contributed by atoms with Crippen molar-refractivity contribution in [1.82, 2.24) is 0 Å². The van der Waals surface area contributed by atoms with Gasteiger partial charge in [-0.3, -0.25) is 0 Å². The first kappa shape index (κ1) is 15.9. The average Bonchev–Trinajstić information content (AvgIpc) is 3.30. The Bertz CT molecular complexity index is 465. The van der Waals surface area contributed by atoms with E-state index < -0.39 is 0 Å². The lowest BCUT2D eigenvalue weighted by Gasteiger charge is -2.18. The van der Waals surface area contributed by atoms with Gasteiger partial charge in [-0.25, -0.2) is 4.79 Å². The second-order valence-electron chi connectivity index (χ2n) is 6.12. The van der Waals surface area contributed by atoms with Crippen LogP contribution in [0.2, 0.25) is 0 Å². The smallest absolute Gasteiger partial charge is 0.344 e. The maximum Gasteiger partial charge on any atom is 0.344 e. The summed E-state index contributed by atoms with van der Waals surface area (Å²) in [6, 6.07) is 8.07. The summed E-state index contributed by atoms with van der Waals surface area (Å²) >= 11 is 0. The van der Waals surface area contributed by atoms with Crippen molar-refractivity contribution in [2.24, 2.45) is 11.8 Å². The highest BCUT2D eigenvalue weighted by Crippen LogP contribution is 2.41. The van der Waals surface area contributed by atoms with Crippen LogP contribution in [-0.2, 0) is 9.53 Å². The molecule has 0 radical (unpaired) electrons. The zero-order valence-corrected chi connectivity index (χ0v) is 13.3. The molecule has 2 rings (SSSR count). The van der Waals surface area contributed by atoms with Crippen molar-refractivity contribution in [2.45, 2.75) is 46.0 Å². The van der Waals surface area contributed by atoms with Gasteiger partial charge in [-0.2, -0.15) is 0 Å². The predicted octanol–water partition coefficient (Wildman–Crippen LogP) is 4.17. The van der Waals surface area contributed by atoms with Gasteiger partial charge in [-0.15, -0.1) is 0 Å². The fourth-order valence-electron chi connectivity index (χ4n) is 2.81. The lowest BCUT2D eigenvalue weighted by molar-refractivity contribution is -0.145. The first-order valence-corrected chi connectivity index (χ1v) is 7.98. The highest BCUT2D eigenvalue weighted by molar-refractivity contribution is 5.71. The molecule has 0 bridgehead atoms. The zero-order valence-electron chi connectivity index (χ0n) is 13.3. The van der Waals surface area contributed by atoms with E-state index in [1.807, 2.05) is 18.2 Å². The van der Waals surface area contributed by atoms with E-state index in [0.717, 1.165) is 17.6 Å². The molecule has 3 nitrogen and oxygen atoms in total. The molecule has 2 atom stereocenters. The van der Waals surface area contributed by atoms with Crippen molar-refractivity contribution in [1.29, 1.82) is 0 Å². The van der Waals surface area contributed by atoms with Crippen LogP contribution >= 0.6 is 0 Å². The van der Waals surface area contributed by atoms with Gasteiger partial charge in [-0.05, 0) is 61.6 Å². The Hall–Kier alpha value is -1.51. The number of esters is 1. The molecule has 1 fully saturated rings. The molecule has 1 saturated carbocycles. The zero-order chi connectivity index (χ0) is 15.2. The summed E-state index contributed by atoms with van der Waals surface area (Å²) in [5.41, 5.74) is 1.28. The van der Waals surface area contributed by atoms with Crippen molar-refractivity contribution in [2.75, 3.05) is 13.2 Å². The van der Waals surface area contributed by atoms with Crippen molar-refractivity contribution in [3.8, 4) is 5.75 Å². The molecule has 0 heterocycles. The SMILES string of the molecule is CCOC(=O)COc1cccc(C(C)CC(C)C2CC2)c1. The molecule has 0 aromatic heterocycles.